The van der Waals surface area contributed by atoms with Crippen LogP contribution in [0.15, 0.2) is 29.2 Å². The first kappa shape index (κ1) is 13.0. The average molecular weight is 263 g/mol. The molecule has 88 valence electrons. The molecule has 0 aliphatic carbocycles. The first-order valence-corrected chi connectivity index (χ1v) is 6.47. The molecule has 0 aliphatic rings. The normalized spacial score (nSPS) is 11.1. The maximum atomic E-state index is 11.5. The van der Waals surface area contributed by atoms with Crippen LogP contribution in [0.3, 0.4) is 0 Å². The number of rotatable bonds is 4. The number of benzene rings is 1. The molecule has 0 aromatic heterocycles. The quantitative estimate of drug-likeness (QED) is 0.782. The van der Waals surface area contributed by atoms with Gasteiger partial charge in [0.05, 0.1) is 0 Å². The molecule has 1 rings (SSSR count). The molecule has 0 amide bonds. The van der Waals surface area contributed by atoms with Crippen molar-refractivity contribution in [3.63, 3.8) is 0 Å². The van der Waals surface area contributed by atoms with E-state index in [9.17, 15) is 13.2 Å². The molecule has 0 saturated heterocycles. The zero-order chi connectivity index (χ0) is 12.2. The lowest BCUT2D eigenvalue weighted by Gasteiger charge is -2.04. The first-order chi connectivity index (χ1) is 7.45. The Kier molecular flexibility index (Phi) is 4.32. The van der Waals surface area contributed by atoms with Crippen molar-refractivity contribution in [2.75, 3.05) is 0 Å². The van der Waals surface area contributed by atoms with Crippen LogP contribution in [0.1, 0.15) is 19.8 Å². The zero-order valence-corrected chi connectivity index (χ0v) is 10.2. The largest absolute Gasteiger partial charge is 0.342 e. The minimum absolute atomic E-state index is 0.0762. The van der Waals surface area contributed by atoms with E-state index in [2.05, 4.69) is 4.18 Å². The van der Waals surface area contributed by atoms with Crippen molar-refractivity contribution < 1.29 is 17.4 Å². The van der Waals surface area contributed by atoms with Gasteiger partial charge >= 0.3 is 16.1 Å². The van der Waals surface area contributed by atoms with Gasteiger partial charge in [-0.15, -0.1) is 0 Å². The van der Waals surface area contributed by atoms with Gasteiger partial charge in [-0.05, 0) is 30.7 Å². The minimum Gasteiger partial charge on any atom is -0.342 e. The fraction of sp³-hybridized carbons (Fsp3) is 0.300. The Morgan fingerprint density at radius 3 is 2.38 bits per heavy atom. The van der Waals surface area contributed by atoms with Crippen molar-refractivity contribution in [1.29, 1.82) is 0 Å². The first-order valence-electron chi connectivity index (χ1n) is 4.68. The third-order valence-electron chi connectivity index (χ3n) is 1.76. The molecule has 0 unspecified atom stereocenters. The fourth-order valence-electron chi connectivity index (χ4n) is 1.02. The highest BCUT2D eigenvalue weighted by Crippen LogP contribution is 2.16. The number of hydrogen-bond acceptors (Lipinski definition) is 4. The highest BCUT2D eigenvalue weighted by molar-refractivity contribution is 7.87. The number of hydrogen-bond donors (Lipinski definition) is 0. The van der Waals surface area contributed by atoms with Crippen LogP contribution in [0.2, 0.25) is 5.02 Å². The van der Waals surface area contributed by atoms with Crippen molar-refractivity contribution in [2.45, 2.75) is 24.7 Å². The smallest absolute Gasteiger partial charge is 0.341 e. The van der Waals surface area contributed by atoms with Gasteiger partial charge < -0.3 is 4.18 Å². The van der Waals surface area contributed by atoms with Gasteiger partial charge in [0.25, 0.3) is 0 Å². The second kappa shape index (κ2) is 5.32. The Balaban J connectivity index is 2.86. The average Bonchev–Trinajstić information content (AvgIpc) is 2.17. The maximum absolute atomic E-state index is 11.5. The second-order valence-electron chi connectivity index (χ2n) is 3.11. The lowest BCUT2D eigenvalue weighted by Crippen LogP contribution is -2.12. The minimum atomic E-state index is -4.01. The van der Waals surface area contributed by atoms with Crippen LogP contribution in [0.25, 0.3) is 0 Å². The van der Waals surface area contributed by atoms with Crippen molar-refractivity contribution in [3.8, 4) is 0 Å². The summed E-state index contributed by atoms with van der Waals surface area (Å²) in [7, 11) is -4.01. The number of halogens is 1. The Morgan fingerprint density at radius 2 is 1.88 bits per heavy atom. The van der Waals surface area contributed by atoms with Crippen LogP contribution in [0.4, 0.5) is 0 Å². The summed E-state index contributed by atoms with van der Waals surface area (Å²) >= 11 is 5.61. The highest BCUT2D eigenvalue weighted by atomic mass is 35.5. The van der Waals surface area contributed by atoms with Crippen molar-refractivity contribution in [1.82, 2.24) is 0 Å². The van der Waals surface area contributed by atoms with E-state index in [1.54, 1.807) is 6.92 Å². The summed E-state index contributed by atoms with van der Waals surface area (Å²) in [5, 5.41) is 0.416. The molecule has 0 fully saturated rings. The maximum Gasteiger partial charge on any atom is 0.341 e. The molecule has 0 atom stereocenters. The van der Waals surface area contributed by atoms with E-state index < -0.39 is 16.1 Å². The van der Waals surface area contributed by atoms with Crippen LogP contribution in [-0.4, -0.2) is 14.4 Å². The molecule has 0 heterocycles. The summed E-state index contributed by atoms with van der Waals surface area (Å²) in [6.07, 6.45) is 0.613. The Morgan fingerprint density at radius 1 is 1.31 bits per heavy atom. The molecule has 0 bridgehead atoms. The molecule has 1 aromatic rings. The zero-order valence-electron chi connectivity index (χ0n) is 8.64. The summed E-state index contributed by atoms with van der Waals surface area (Å²) in [6, 6.07) is 5.41. The van der Waals surface area contributed by atoms with E-state index >= 15 is 0 Å². The Labute approximate surface area is 99.3 Å². The lowest BCUT2D eigenvalue weighted by molar-refractivity contribution is -0.133. The van der Waals surface area contributed by atoms with Crippen LogP contribution >= 0.6 is 11.6 Å². The topological polar surface area (TPSA) is 60.4 Å². The molecule has 0 N–H and O–H groups in total. The van der Waals surface area contributed by atoms with Gasteiger partial charge in [0.1, 0.15) is 4.90 Å². The standard InChI is InChI=1S/C10H11ClO4S/c1-2-3-10(12)15-16(13,14)9-6-4-8(11)5-7-9/h4-7H,2-3H2,1H3. The van der Waals surface area contributed by atoms with Crippen LogP contribution < -0.4 is 0 Å². The molecule has 0 aliphatic heterocycles. The van der Waals surface area contributed by atoms with E-state index in [0.29, 0.717) is 11.4 Å². The number of carbonyl (C=O) groups is 1. The van der Waals surface area contributed by atoms with Gasteiger partial charge in [-0.1, -0.05) is 18.5 Å². The molecule has 0 spiro atoms. The lowest BCUT2D eigenvalue weighted by atomic mass is 10.4. The second-order valence-corrected chi connectivity index (χ2v) is 5.10. The van der Waals surface area contributed by atoms with Gasteiger partial charge in [-0.25, -0.2) is 0 Å². The predicted octanol–water partition coefficient (Wildman–Crippen LogP) is 2.37. The van der Waals surface area contributed by atoms with Crippen molar-refractivity contribution in [3.05, 3.63) is 29.3 Å². The monoisotopic (exact) mass is 262 g/mol. The van der Waals surface area contributed by atoms with Gasteiger partial charge in [-0.3, -0.25) is 4.79 Å². The SMILES string of the molecule is CCCC(=O)OS(=O)(=O)c1ccc(Cl)cc1. The predicted molar refractivity (Wildman–Crippen MR) is 59.6 cm³/mol. The van der Waals surface area contributed by atoms with Gasteiger partial charge in [0.2, 0.25) is 0 Å². The Bertz CT molecular complexity index is 464. The summed E-state index contributed by atoms with van der Waals surface area (Å²) in [5.74, 6) is -0.752. The van der Waals surface area contributed by atoms with E-state index in [0.717, 1.165) is 0 Å². The van der Waals surface area contributed by atoms with Crippen LogP contribution in [0, 0.1) is 0 Å². The van der Waals surface area contributed by atoms with Crippen molar-refractivity contribution in [2.24, 2.45) is 0 Å². The third kappa shape index (κ3) is 3.50. The number of carbonyl (C=O) groups excluding carboxylic acids is 1. The molecule has 16 heavy (non-hydrogen) atoms. The van der Waals surface area contributed by atoms with Crippen LogP contribution in [0.5, 0.6) is 0 Å². The van der Waals surface area contributed by atoms with E-state index in [1.807, 2.05) is 0 Å². The van der Waals surface area contributed by atoms with Gasteiger partial charge in [-0.2, -0.15) is 8.42 Å². The summed E-state index contributed by atoms with van der Waals surface area (Å²) in [6.45, 7) is 1.76. The summed E-state index contributed by atoms with van der Waals surface area (Å²) < 4.78 is 27.5. The molecular formula is C10H11ClO4S. The van der Waals surface area contributed by atoms with Gasteiger partial charge in [0, 0.05) is 11.4 Å². The molecular weight excluding hydrogens is 252 g/mol. The van der Waals surface area contributed by atoms with E-state index in [-0.39, 0.29) is 11.3 Å². The fourth-order valence-corrected chi connectivity index (χ4v) is 2.04. The van der Waals surface area contributed by atoms with Crippen molar-refractivity contribution >= 4 is 27.7 Å². The molecule has 1 aromatic carbocycles. The summed E-state index contributed by atoms with van der Waals surface area (Å²) in [4.78, 5) is 11.0. The Hall–Kier alpha value is -1.07. The highest BCUT2D eigenvalue weighted by Gasteiger charge is 2.19. The van der Waals surface area contributed by atoms with E-state index in [1.165, 1.54) is 24.3 Å². The third-order valence-corrected chi connectivity index (χ3v) is 3.27. The molecule has 0 saturated carbocycles. The van der Waals surface area contributed by atoms with Gasteiger partial charge in [0.15, 0.2) is 0 Å². The molecule has 4 nitrogen and oxygen atoms in total. The summed E-state index contributed by atoms with van der Waals surface area (Å²) in [5.41, 5.74) is 0. The molecule has 6 heteroatoms. The van der Waals surface area contributed by atoms with E-state index in [4.69, 9.17) is 11.6 Å². The van der Waals surface area contributed by atoms with Crippen LogP contribution in [-0.2, 0) is 19.1 Å². The molecule has 0 radical (unpaired) electrons.